The summed E-state index contributed by atoms with van der Waals surface area (Å²) in [6.07, 6.45) is 0. The van der Waals surface area contributed by atoms with Crippen molar-refractivity contribution in [1.82, 2.24) is 0 Å². The zero-order valence-corrected chi connectivity index (χ0v) is 3.37. The fourth-order valence-electron chi connectivity index (χ4n) is 0. The van der Waals surface area contributed by atoms with E-state index < -0.39 is 0 Å². The van der Waals surface area contributed by atoms with Crippen LogP contribution < -0.4 is 0 Å². The summed E-state index contributed by atoms with van der Waals surface area (Å²) in [6.45, 7) is 0. The third kappa shape index (κ3) is 22.5. The number of hydrogen-bond acceptors (Lipinski definition) is 2. The average molecular weight is 111 g/mol. The molecule has 0 saturated heterocycles. The van der Waals surface area contributed by atoms with Gasteiger partial charge in [-0.15, -0.1) is 0 Å². The summed E-state index contributed by atoms with van der Waals surface area (Å²) in [7, 11) is 0. The summed E-state index contributed by atoms with van der Waals surface area (Å²) in [5, 5.41) is 0. The zero-order chi connectivity index (χ0) is 3.41. The molecular formula is C2MnO2. The molecule has 2 nitrogen and oxygen atoms in total. The van der Waals surface area contributed by atoms with Crippen LogP contribution in [0.25, 0.3) is 0 Å². The van der Waals surface area contributed by atoms with Crippen LogP contribution in [-0.4, -0.2) is 11.9 Å². The van der Waals surface area contributed by atoms with Gasteiger partial charge in [0.25, 0.3) is 0 Å². The molecule has 0 aliphatic carbocycles. The molecule has 0 rings (SSSR count). The minimum atomic E-state index is 0. The second-order valence-electron chi connectivity index (χ2n) is 0.204. The molecule has 3 heteroatoms. The maximum absolute atomic E-state index is 8.62. The Morgan fingerprint density at radius 1 is 1.00 bits per heavy atom. The summed E-state index contributed by atoms with van der Waals surface area (Å²) in [5.74, 6) is 1.75. The van der Waals surface area contributed by atoms with E-state index in [1.54, 1.807) is 0 Å². The summed E-state index contributed by atoms with van der Waals surface area (Å²) in [4.78, 5) is 17.2. The smallest absolute Gasteiger partial charge is 0.221 e. The van der Waals surface area contributed by atoms with Crippen molar-refractivity contribution in [3.8, 4) is 0 Å². The van der Waals surface area contributed by atoms with Gasteiger partial charge in [0.1, 0.15) is 0 Å². The van der Waals surface area contributed by atoms with Crippen molar-refractivity contribution in [2.45, 2.75) is 0 Å². The van der Waals surface area contributed by atoms with Crippen LogP contribution in [0, 0.1) is 0 Å². The van der Waals surface area contributed by atoms with Gasteiger partial charge in [0.05, 0.1) is 0 Å². The van der Waals surface area contributed by atoms with Crippen LogP contribution in [0.1, 0.15) is 0 Å². The summed E-state index contributed by atoms with van der Waals surface area (Å²) in [5.41, 5.74) is 0. The van der Waals surface area contributed by atoms with Crippen molar-refractivity contribution in [2.24, 2.45) is 0 Å². The average Bonchev–Trinajstić information content (AvgIpc) is 1.37. The molecule has 0 atom stereocenters. The van der Waals surface area contributed by atoms with Crippen molar-refractivity contribution in [3.63, 3.8) is 0 Å². The Balaban J connectivity index is 0. The molecule has 0 N–H and O–H groups in total. The van der Waals surface area contributed by atoms with E-state index in [4.69, 9.17) is 9.59 Å². The van der Waals surface area contributed by atoms with Crippen LogP contribution in [0.2, 0.25) is 0 Å². The van der Waals surface area contributed by atoms with Crippen molar-refractivity contribution < 1.29 is 26.7 Å². The first-order valence-corrected chi connectivity index (χ1v) is 0.658. The second kappa shape index (κ2) is 9.37. The Labute approximate surface area is 39.3 Å². The Morgan fingerprint density at radius 2 is 1.20 bits per heavy atom. The molecule has 0 amide bonds. The number of carbonyl (C=O) groups excluding carboxylic acids is 2. The van der Waals surface area contributed by atoms with Crippen molar-refractivity contribution in [3.05, 3.63) is 0 Å². The maximum Gasteiger partial charge on any atom is 0.221 e. The molecular weight excluding hydrogens is 111 g/mol. The molecule has 1 radical (unpaired) electrons. The number of rotatable bonds is 0. The van der Waals surface area contributed by atoms with E-state index in [-0.39, 0.29) is 17.1 Å². The Kier molecular flexibility index (Phi) is 16.5. The van der Waals surface area contributed by atoms with Crippen LogP contribution in [-0.2, 0) is 26.7 Å². The molecule has 27 valence electrons. The van der Waals surface area contributed by atoms with E-state index in [1.807, 2.05) is 0 Å². The van der Waals surface area contributed by atoms with Gasteiger partial charge in [-0.1, -0.05) is 0 Å². The fourth-order valence-corrected chi connectivity index (χ4v) is 0. The third-order valence-electron chi connectivity index (χ3n) is 0.0417. The molecule has 5 heavy (non-hydrogen) atoms. The van der Waals surface area contributed by atoms with Gasteiger partial charge in [0.15, 0.2) is 0 Å². The molecule has 0 fully saturated rings. The zero-order valence-electron chi connectivity index (χ0n) is 2.19. The van der Waals surface area contributed by atoms with E-state index in [1.165, 1.54) is 0 Å². The van der Waals surface area contributed by atoms with Crippen LogP contribution in [0.15, 0.2) is 0 Å². The Morgan fingerprint density at radius 3 is 1.20 bits per heavy atom. The van der Waals surface area contributed by atoms with Gasteiger partial charge < -0.3 is 0 Å². The van der Waals surface area contributed by atoms with Gasteiger partial charge in [0.2, 0.25) is 11.9 Å². The molecule has 0 saturated carbocycles. The monoisotopic (exact) mass is 111 g/mol. The van der Waals surface area contributed by atoms with Crippen molar-refractivity contribution in [2.75, 3.05) is 0 Å². The summed E-state index contributed by atoms with van der Waals surface area (Å²) >= 11 is 0. The molecule has 0 unspecified atom stereocenters. The predicted octanol–water partition coefficient (Wildman–Crippen LogP) is -0.797. The van der Waals surface area contributed by atoms with Crippen molar-refractivity contribution >= 4 is 11.9 Å². The molecule has 0 aliphatic rings. The standard InChI is InChI=1S/C2O2.Mn/c3-1-2-4;. The largest absolute Gasteiger partial charge is 0.221 e. The first-order valence-electron chi connectivity index (χ1n) is 0.658. The second-order valence-corrected chi connectivity index (χ2v) is 0.204. The minimum absolute atomic E-state index is 0. The molecule has 0 aliphatic heterocycles. The Bertz CT molecular complexity index is 57.7. The van der Waals surface area contributed by atoms with Gasteiger partial charge in [-0.25, -0.2) is 9.59 Å². The minimum Gasteiger partial charge on any atom is -0.221 e. The van der Waals surface area contributed by atoms with Crippen LogP contribution in [0.3, 0.4) is 0 Å². The summed E-state index contributed by atoms with van der Waals surface area (Å²) in [6, 6.07) is 0. The normalized spacial score (nSPS) is 2.40. The SMILES string of the molecule is O=C=C=O.[Mn]. The number of hydrogen-bond donors (Lipinski definition) is 0. The predicted molar refractivity (Wildman–Crippen MR) is 11.4 cm³/mol. The molecule has 0 spiro atoms. The molecule has 0 aromatic rings. The van der Waals surface area contributed by atoms with E-state index in [0.29, 0.717) is 0 Å². The molecule has 0 aromatic carbocycles. The van der Waals surface area contributed by atoms with E-state index in [9.17, 15) is 0 Å². The molecule has 0 bridgehead atoms. The molecule has 0 heterocycles. The van der Waals surface area contributed by atoms with Gasteiger partial charge in [0, 0.05) is 17.1 Å². The van der Waals surface area contributed by atoms with Crippen molar-refractivity contribution in [1.29, 1.82) is 0 Å². The topological polar surface area (TPSA) is 34.1 Å². The fraction of sp³-hybridized carbons (Fsp3) is 0. The third-order valence-corrected chi connectivity index (χ3v) is 0.0417. The first-order chi connectivity index (χ1) is 1.91. The van der Waals surface area contributed by atoms with Crippen LogP contribution in [0.5, 0.6) is 0 Å². The quantitative estimate of drug-likeness (QED) is 0.303. The van der Waals surface area contributed by atoms with E-state index in [2.05, 4.69) is 0 Å². The van der Waals surface area contributed by atoms with E-state index in [0.717, 1.165) is 11.9 Å². The molecule has 0 aromatic heterocycles. The van der Waals surface area contributed by atoms with Gasteiger partial charge >= 0.3 is 0 Å². The van der Waals surface area contributed by atoms with Gasteiger partial charge in [-0.05, 0) is 0 Å². The van der Waals surface area contributed by atoms with Crippen LogP contribution in [0.4, 0.5) is 0 Å². The van der Waals surface area contributed by atoms with E-state index >= 15 is 0 Å². The Hall–Kier alpha value is -0.321. The first kappa shape index (κ1) is 8.82. The van der Waals surface area contributed by atoms with Gasteiger partial charge in [-0.2, -0.15) is 0 Å². The maximum atomic E-state index is 8.62. The van der Waals surface area contributed by atoms with Crippen LogP contribution >= 0.6 is 0 Å². The van der Waals surface area contributed by atoms with Gasteiger partial charge in [-0.3, -0.25) is 0 Å². The summed E-state index contributed by atoms with van der Waals surface area (Å²) < 4.78 is 0.